The Morgan fingerprint density at radius 1 is 1.73 bits per heavy atom. The van der Waals surface area contributed by atoms with Crippen molar-refractivity contribution in [2.24, 2.45) is 11.5 Å². The van der Waals surface area contributed by atoms with E-state index in [0.717, 1.165) is 25.0 Å². The fraction of sp³-hybridized carbons (Fsp3) is 0.556. The summed E-state index contributed by atoms with van der Waals surface area (Å²) < 4.78 is 0. The van der Waals surface area contributed by atoms with Crippen LogP contribution in [0.1, 0.15) is 26.2 Å². The quantitative estimate of drug-likeness (QED) is 0.594. The van der Waals surface area contributed by atoms with Gasteiger partial charge in [0.1, 0.15) is 0 Å². The summed E-state index contributed by atoms with van der Waals surface area (Å²) in [6.07, 6.45) is 7.19. The third kappa shape index (κ3) is 2.09. The second-order valence-electron chi connectivity index (χ2n) is 3.01. The van der Waals surface area contributed by atoms with Gasteiger partial charge in [0, 0.05) is 11.7 Å². The van der Waals surface area contributed by atoms with Gasteiger partial charge in [-0.05, 0) is 31.8 Å². The van der Waals surface area contributed by atoms with E-state index in [1.807, 2.05) is 13.0 Å². The van der Waals surface area contributed by atoms with Crippen molar-refractivity contribution in [3.63, 3.8) is 0 Å². The minimum absolute atomic E-state index is 0.350. The van der Waals surface area contributed by atoms with Crippen molar-refractivity contribution in [1.29, 1.82) is 0 Å². The maximum Gasteiger partial charge on any atom is 0.0300 e. The molecule has 1 atom stereocenters. The molecule has 0 amide bonds. The molecule has 0 heterocycles. The molecule has 0 spiro atoms. The Balaban J connectivity index is 2.61. The summed E-state index contributed by atoms with van der Waals surface area (Å²) in [5.41, 5.74) is 13.7. The van der Waals surface area contributed by atoms with Crippen LogP contribution in [0, 0.1) is 0 Å². The van der Waals surface area contributed by atoms with Crippen molar-refractivity contribution in [2.45, 2.75) is 32.2 Å². The predicted molar refractivity (Wildman–Crippen MR) is 47.9 cm³/mol. The molecule has 0 bridgehead atoms. The van der Waals surface area contributed by atoms with E-state index < -0.39 is 0 Å². The van der Waals surface area contributed by atoms with Crippen molar-refractivity contribution in [3.05, 3.63) is 23.4 Å². The lowest BCUT2D eigenvalue weighted by Crippen LogP contribution is -2.22. The molecule has 0 aromatic heterocycles. The maximum atomic E-state index is 5.75. The van der Waals surface area contributed by atoms with E-state index in [1.54, 1.807) is 0 Å². The van der Waals surface area contributed by atoms with Gasteiger partial charge >= 0.3 is 0 Å². The molecule has 1 rings (SSSR count). The molecule has 0 saturated carbocycles. The van der Waals surface area contributed by atoms with Gasteiger partial charge in [-0.15, -0.1) is 0 Å². The predicted octanol–water partition coefficient (Wildman–Crippen LogP) is 1.29. The average Bonchev–Trinajstić information content (AvgIpc) is 2.05. The van der Waals surface area contributed by atoms with Gasteiger partial charge in [0.15, 0.2) is 0 Å². The minimum Gasteiger partial charge on any atom is -0.399 e. The molecule has 0 aromatic carbocycles. The van der Waals surface area contributed by atoms with Gasteiger partial charge in [0.25, 0.3) is 0 Å². The summed E-state index contributed by atoms with van der Waals surface area (Å²) in [5, 5.41) is 0. The number of allylic oxidation sites excluding steroid dienone is 2. The zero-order chi connectivity index (χ0) is 8.27. The second kappa shape index (κ2) is 3.58. The molecule has 1 unspecified atom stereocenters. The lowest BCUT2D eigenvalue weighted by molar-refractivity contribution is 0.592. The molecule has 0 fully saturated rings. The van der Waals surface area contributed by atoms with E-state index in [0.29, 0.717) is 6.04 Å². The first-order valence-corrected chi connectivity index (χ1v) is 4.11. The lowest BCUT2D eigenvalue weighted by atomic mass is 9.94. The van der Waals surface area contributed by atoms with Gasteiger partial charge in [-0.3, -0.25) is 0 Å². The van der Waals surface area contributed by atoms with Crippen molar-refractivity contribution in [3.8, 4) is 0 Å². The molecule has 2 heteroatoms. The van der Waals surface area contributed by atoms with Crippen LogP contribution >= 0.6 is 0 Å². The Bertz CT molecular complexity index is 192. The Labute approximate surface area is 68.0 Å². The highest BCUT2D eigenvalue weighted by molar-refractivity contribution is 5.29. The zero-order valence-electron chi connectivity index (χ0n) is 7.01. The standard InChI is InChI=1S/C9H16N2/c1-2-9(11)7-3-5-8(10)6-4-7/h2-3,8H,4-6,10-11H2,1H3/b9-2-. The molecule has 0 aromatic rings. The number of nitrogens with two attached hydrogens (primary N) is 2. The second-order valence-corrected chi connectivity index (χ2v) is 3.01. The summed E-state index contributed by atoms with van der Waals surface area (Å²) in [6.45, 7) is 1.96. The van der Waals surface area contributed by atoms with E-state index >= 15 is 0 Å². The van der Waals surface area contributed by atoms with E-state index in [2.05, 4.69) is 6.08 Å². The molecule has 11 heavy (non-hydrogen) atoms. The Hall–Kier alpha value is -0.760. The van der Waals surface area contributed by atoms with Gasteiger partial charge in [-0.2, -0.15) is 0 Å². The van der Waals surface area contributed by atoms with Gasteiger partial charge in [0.05, 0.1) is 0 Å². The van der Waals surface area contributed by atoms with Crippen molar-refractivity contribution in [2.75, 3.05) is 0 Å². The normalized spacial score (nSPS) is 26.5. The summed E-state index contributed by atoms with van der Waals surface area (Å²) in [7, 11) is 0. The van der Waals surface area contributed by atoms with Crippen molar-refractivity contribution in [1.82, 2.24) is 0 Å². The third-order valence-corrected chi connectivity index (χ3v) is 2.13. The third-order valence-electron chi connectivity index (χ3n) is 2.13. The fourth-order valence-electron chi connectivity index (χ4n) is 1.30. The smallest absolute Gasteiger partial charge is 0.0300 e. The Morgan fingerprint density at radius 2 is 2.45 bits per heavy atom. The lowest BCUT2D eigenvalue weighted by Gasteiger charge is -2.18. The Morgan fingerprint density at radius 3 is 2.91 bits per heavy atom. The van der Waals surface area contributed by atoms with Crippen LogP contribution in [0.15, 0.2) is 23.4 Å². The highest BCUT2D eigenvalue weighted by atomic mass is 14.6. The monoisotopic (exact) mass is 152 g/mol. The minimum atomic E-state index is 0.350. The van der Waals surface area contributed by atoms with Crippen LogP contribution in [-0.2, 0) is 0 Å². The van der Waals surface area contributed by atoms with E-state index in [-0.39, 0.29) is 0 Å². The molecule has 4 N–H and O–H groups in total. The van der Waals surface area contributed by atoms with Crippen LogP contribution in [0.5, 0.6) is 0 Å². The van der Waals surface area contributed by atoms with Crippen LogP contribution in [0.2, 0.25) is 0 Å². The first kappa shape index (κ1) is 8.34. The van der Waals surface area contributed by atoms with Crippen LogP contribution in [0.25, 0.3) is 0 Å². The van der Waals surface area contributed by atoms with Gasteiger partial charge in [0.2, 0.25) is 0 Å². The fourth-order valence-corrected chi connectivity index (χ4v) is 1.30. The highest BCUT2D eigenvalue weighted by Gasteiger charge is 2.10. The molecule has 62 valence electrons. The first-order chi connectivity index (χ1) is 5.24. The largest absolute Gasteiger partial charge is 0.399 e. The van der Waals surface area contributed by atoms with Crippen LogP contribution in [-0.4, -0.2) is 6.04 Å². The first-order valence-electron chi connectivity index (χ1n) is 4.11. The number of hydrogen-bond acceptors (Lipinski definition) is 2. The molecule has 0 saturated heterocycles. The average molecular weight is 152 g/mol. The van der Waals surface area contributed by atoms with E-state index in [1.165, 1.54) is 5.57 Å². The van der Waals surface area contributed by atoms with Crippen molar-refractivity contribution < 1.29 is 0 Å². The summed E-state index contributed by atoms with van der Waals surface area (Å²) in [6, 6.07) is 0.350. The molecule has 0 aliphatic heterocycles. The molecule has 1 aliphatic carbocycles. The molecular weight excluding hydrogens is 136 g/mol. The molecule has 1 aliphatic rings. The van der Waals surface area contributed by atoms with Gasteiger partial charge in [-0.25, -0.2) is 0 Å². The molecular formula is C9H16N2. The number of hydrogen-bond donors (Lipinski definition) is 2. The van der Waals surface area contributed by atoms with Crippen LogP contribution in [0.4, 0.5) is 0 Å². The summed E-state index contributed by atoms with van der Waals surface area (Å²) in [4.78, 5) is 0. The molecule has 2 nitrogen and oxygen atoms in total. The van der Waals surface area contributed by atoms with Crippen LogP contribution in [0.3, 0.4) is 0 Å². The van der Waals surface area contributed by atoms with Crippen LogP contribution < -0.4 is 11.5 Å². The SMILES string of the molecule is C/C=C(\N)C1=CCC(N)CC1. The Kier molecular flexibility index (Phi) is 2.71. The zero-order valence-corrected chi connectivity index (χ0v) is 7.01. The van der Waals surface area contributed by atoms with Crippen molar-refractivity contribution >= 4 is 0 Å². The highest BCUT2D eigenvalue weighted by Crippen LogP contribution is 2.20. The topological polar surface area (TPSA) is 52.0 Å². The van der Waals surface area contributed by atoms with Gasteiger partial charge in [-0.1, -0.05) is 12.2 Å². The maximum absolute atomic E-state index is 5.75. The van der Waals surface area contributed by atoms with E-state index in [4.69, 9.17) is 11.5 Å². The van der Waals surface area contributed by atoms with Gasteiger partial charge < -0.3 is 11.5 Å². The summed E-state index contributed by atoms with van der Waals surface area (Å²) in [5.74, 6) is 0. The molecule has 0 radical (unpaired) electrons. The summed E-state index contributed by atoms with van der Waals surface area (Å²) >= 11 is 0. The van der Waals surface area contributed by atoms with E-state index in [9.17, 15) is 0 Å². The number of rotatable bonds is 1.